The van der Waals surface area contributed by atoms with E-state index in [0.29, 0.717) is 18.1 Å². The van der Waals surface area contributed by atoms with Crippen LogP contribution in [-0.2, 0) is 0 Å². The van der Waals surface area contributed by atoms with Crippen molar-refractivity contribution in [2.45, 2.75) is 18.9 Å². The van der Waals surface area contributed by atoms with Crippen LogP contribution in [0.5, 0.6) is 6.01 Å². The molecule has 0 aliphatic carbocycles. The predicted molar refractivity (Wildman–Crippen MR) is 92.4 cm³/mol. The van der Waals surface area contributed by atoms with E-state index >= 15 is 0 Å². The third-order valence-electron chi connectivity index (χ3n) is 4.11. The number of amides is 1. The van der Waals surface area contributed by atoms with Crippen molar-refractivity contribution in [3.63, 3.8) is 0 Å². The summed E-state index contributed by atoms with van der Waals surface area (Å²) in [5.74, 6) is 0.0441. The smallest absolute Gasteiger partial charge is 0.316 e. The highest BCUT2D eigenvalue weighted by atomic mass is 16.5. The number of anilines is 1. The highest BCUT2D eigenvalue weighted by molar-refractivity contribution is 5.94. The first-order valence-corrected chi connectivity index (χ1v) is 8.14. The molecule has 6 heteroatoms. The Morgan fingerprint density at radius 1 is 1.21 bits per heavy atom. The Morgan fingerprint density at radius 2 is 1.92 bits per heavy atom. The maximum absolute atomic E-state index is 12.7. The van der Waals surface area contributed by atoms with Crippen LogP contribution in [0.2, 0.25) is 0 Å². The molecule has 0 spiro atoms. The molecule has 1 amide bonds. The Bertz CT molecular complexity index is 673. The first-order chi connectivity index (χ1) is 11.6. The highest BCUT2D eigenvalue weighted by Gasteiger charge is 2.26. The number of nitrogens with zero attached hydrogens (tertiary/aromatic N) is 4. The molecule has 1 aromatic carbocycles. The third kappa shape index (κ3) is 3.82. The molecule has 6 nitrogen and oxygen atoms in total. The Hall–Kier alpha value is -2.63. The lowest BCUT2D eigenvalue weighted by molar-refractivity contribution is 0.0516. The molecule has 0 radical (unpaired) electrons. The summed E-state index contributed by atoms with van der Waals surface area (Å²) in [5.41, 5.74) is 1.78. The van der Waals surface area contributed by atoms with Gasteiger partial charge in [0.15, 0.2) is 0 Å². The van der Waals surface area contributed by atoms with Crippen LogP contribution in [0, 0.1) is 0 Å². The fourth-order valence-corrected chi connectivity index (χ4v) is 2.80. The number of ether oxygens (including phenoxy) is 1. The van der Waals surface area contributed by atoms with Crippen molar-refractivity contribution in [2.75, 3.05) is 32.1 Å². The standard InChI is InChI=1S/C18H22N4O2/c1-21(2)15-8-6-14(7-9-15)17(23)22-12-3-5-16(13-22)24-18-19-10-4-11-20-18/h4,6-11,16H,3,5,12-13H2,1-2H3. The largest absolute Gasteiger partial charge is 0.458 e. The van der Waals surface area contributed by atoms with Crippen molar-refractivity contribution in [1.82, 2.24) is 14.9 Å². The number of hydrogen-bond donors (Lipinski definition) is 0. The summed E-state index contributed by atoms with van der Waals surface area (Å²) in [4.78, 5) is 24.7. The third-order valence-corrected chi connectivity index (χ3v) is 4.11. The summed E-state index contributed by atoms with van der Waals surface area (Å²) < 4.78 is 5.80. The summed E-state index contributed by atoms with van der Waals surface area (Å²) in [6.45, 7) is 1.32. The van der Waals surface area contributed by atoms with E-state index in [1.54, 1.807) is 18.5 Å². The summed E-state index contributed by atoms with van der Waals surface area (Å²) in [6.07, 6.45) is 5.06. The zero-order chi connectivity index (χ0) is 16.9. The molecule has 1 fully saturated rings. The molecule has 24 heavy (non-hydrogen) atoms. The second-order valence-electron chi connectivity index (χ2n) is 6.11. The monoisotopic (exact) mass is 326 g/mol. The minimum absolute atomic E-state index is 0.0441. The molecule has 1 atom stereocenters. The lowest BCUT2D eigenvalue weighted by Crippen LogP contribution is -2.44. The van der Waals surface area contributed by atoms with Crippen LogP contribution < -0.4 is 9.64 Å². The van der Waals surface area contributed by atoms with Gasteiger partial charge in [-0.25, -0.2) is 9.97 Å². The van der Waals surface area contributed by atoms with Crippen molar-refractivity contribution < 1.29 is 9.53 Å². The Labute approximate surface area is 142 Å². The predicted octanol–water partition coefficient (Wildman–Crippen LogP) is 2.23. The van der Waals surface area contributed by atoms with E-state index < -0.39 is 0 Å². The van der Waals surface area contributed by atoms with Crippen molar-refractivity contribution in [3.8, 4) is 6.01 Å². The molecule has 3 rings (SSSR count). The zero-order valence-electron chi connectivity index (χ0n) is 14.1. The van der Waals surface area contributed by atoms with Gasteiger partial charge in [-0.05, 0) is 43.2 Å². The van der Waals surface area contributed by atoms with Gasteiger partial charge in [0.05, 0.1) is 6.54 Å². The number of hydrogen-bond acceptors (Lipinski definition) is 5. The summed E-state index contributed by atoms with van der Waals surface area (Å²) in [7, 11) is 3.96. The summed E-state index contributed by atoms with van der Waals surface area (Å²) in [5, 5.41) is 0. The van der Waals surface area contributed by atoms with Gasteiger partial charge in [-0.15, -0.1) is 0 Å². The average molecular weight is 326 g/mol. The molecular weight excluding hydrogens is 304 g/mol. The molecule has 1 aliphatic rings. The number of likely N-dealkylation sites (tertiary alicyclic amines) is 1. The normalized spacial score (nSPS) is 17.4. The number of carbonyl (C=O) groups excluding carboxylic acids is 1. The molecule has 1 aliphatic heterocycles. The van der Waals surface area contributed by atoms with E-state index in [2.05, 4.69) is 9.97 Å². The average Bonchev–Trinajstić information content (AvgIpc) is 2.62. The van der Waals surface area contributed by atoms with Gasteiger partial charge in [0, 0.05) is 44.3 Å². The number of rotatable bonds is 4. The molecule has 2 heterocycles. The van der Waals surface area contributed by atoms with E-state index in [0.717, 1.165) is 25.1 Å². The lowest BCUT2D eigenvalue weighted by atomic mass is 10.1. The van der Waals surface area contributed by atoms with E-state index in [1.165, 1.54) is 0 Å². The Balaban J connectivity index is 1.64. The van der Waals surface area contributed by atoms with Crippen molar-refractivity contribution >= 4 is 11.6 Å². The van der Waals surface area contributed by atoms with E-state index in [4.69, 9.17) is 4.74 Å². The quantitative estimate of drug-likeness (QED) is 0.862. The number of piperidine rings is 1. The molecule has 2 aromatic rings. The van der Waals surface area contributed by atoms with Gasteiger partial charge in [-0.1, -0.05) is 0 Å². The highest BCUT2D eigenvalue weighted by Crippen LogP contribution is 2.19. The van der Waals surface area contributed by atoms with Gasteiger partial charge >= 0.3 is 6.01 Å². The maximum atomic E-state index is 12.7. The van der Waals surface area contributed by atoms with Crippen molar-refractivity contribution in [3.05, 3.63) is 48.3 Å². The van der Waals surface area contributed by atoms with Crippen molar-refractivity contribution in [2.24, 2.45) is 0 Å². The van der Waals surface area contributed by atoms with Gasteiger partial charge in [-0.2, -0.15) is 0 Å². The van der Waals surface area contributed by atoms with Crippen LogP contribution in [-0.4, -0.2) is 54.1 Å². The van der Waals surface area contributed by atoms with Crippen LogP contribution in [0.1, 0.15) is 23.2 Å². The minimum atomic E-state index is -0.0638. The zero-order valence-corrected chi connectivity index (χ0v) is 14.1. The van der Waals surface area contributed by atoms with Crippen LogP contribution in [0.3, 0.4) is 0 Å². The second kappa shape index (κ2) is 7.29. The molecule has 126 valence electrons. The molecule has 0 N–H and O–H groups in total. The topological polar surface area (TPSA) is 58.6 Å². The summed E-state index contributed by atoms with van der Waals surface area (Å²) in [6, 6.07) is 9.80. The molecule has 1 unspecified atom stereocenters. The maximum Gasteiger partial charge on any atom is 0.316 e. The Morgan fingerprint density at radius 3 is 2.58 bits per heavy atom. The van der Waals surface area contributed by atoms with Gasteiger partial charge in [0.2, 0.25) is 0 Å². The van der Waals surface area contributed by atoms with Crippen molar-refractivity contribution in [1.29, 1.82) is 0 Å². The molecule has 0 saturated carbocycles. The van der Waals surface area contributed by atoms with E-state index in [-0.39, 0.29) is 12.0 Å². The molecular formula is C18H22N4O2. The van der Waals surface area contributed by atoms with Gasteiger partial charge in [-0.3, -0.25) is 4.79 Å². The first kappa shape index (κ1) is 16.2. The van der Waals surface area contributed by atoms with Crippen LogP contribution in [0.4, 0.5) is 5.69 Å². The SMILES string of the molecule is CN(C)c1ccc(C(=O)N2CCCC(Oc3ncccn3)C2)cc1. The molecule has 1 aromatic heterocycles. The van der Waals surface area contributed by atoms with Gasteiger partial charge in [0.25, 0.3) is 5.91 Å². The molecule has 0 bridgehead atoms. The number of benzene rings is 1. The molecule has 1 saturated heterocycles. The second-order valence-corrected chi connectivity index (χ2v) is 6.11. The Kier molecular flexibility index (Phi) is 4.93. The van der Waals surface area contributed by atoms with E-state index in [1.807, 2.05) is 48.2 Å². The fourth-order valence-electron chi connectivity index (χ4n) is 2.80. The van der Waals surface area contributed by atoms with Gasteiger partial charge < -0.3 is 14.5 Å². The summed E-state index contributed by atoms with van der Waals surface area (Å²) >= 11 is 0. The lowest BCUT2D eigenvalue weighted by Gasteiger charge is -2.32. The van der Waals surface area contributed by atoms with Gasteiger partial charge in [0.1, 0.15) is 6.10 Å². The van der Waals surface area contributed by atoms with Crippen LogP contribution in [0.15, 0.2) is 42.7 Å². The number of aromatic nitrogens is 2. The minimum Gasteiger partial charge on any atom is -0.458 e. The fraction of sp³-hybridized carbons (Fsp3) is 0.389. The van der Waals surface area contributed by atoms with Crippen LogP contribution >= 0.6 is 0 Å². The van der Waals surface area contributed by atoms with E-state index in [9.17, 15) is 4.79 Å². The van der Waals surface area contributed by atoms with Crippen LogP contribution in [0.25, 0.3) is 0 Å². The number of carbonyl (C=O) groups is 1. The first-order valence-electron chi connectivity index (χ1n) is 8.14.